The Morgan fingerprint density at radius 3 is 2.66 bits per heavy atom. The SMILES string of the molecule is COc1cc(N2CCC[C@H](N3CCOC[C@@H]3C#Cc3cccc4c3CN(C3CCC(=O)NC3=O)C4=O)C2)ccc1NC(=O)[C@@H]1N[C@@H](CC(C)(C)C)[C@@]2(CNc3cc(Cl)ccc32)[C@H]1c1cccc(Cl)c1F. The zero-order valence-corrected chi connectivity index (χ0v) is 41.3. The van der Waals surface area contributed by atoms with E-state index in [9.17, 15) is 19.2 Å². The predicted octanol–water partition coefficient (Wildman–Crippen LogP) is 7.49. The number of morpholine rings is 1. The van der Waals surface area contributed by atoms with Gasteiger partial charge in [0.15, 0.2) is 0 Å². The first kappa shape index (κ1) is 48.0. The largest absolute Gasteiger partial charge is 0.494 e. The number of carbonyl (C=O) groups excluding carboxylic acids is 4. The van der Waals surface area contributed by atoms with Gasteiger partial charge in [-0.15, -0.1) is 0 Å². The normalized spacial score (nSPS) is 26.6. The van der Waals surface area contributed by atoms with Crippen LogP contribution in [0.2, 0.25) is 10.0 Å². The van der Waals surface area contributed by atoms with Crippen LogP contribution in [0.1, 0.15) is 91.4 Å². The van der Waals surface area contributed by atoms with Crippen LogP contribution >= 0.6 is 23.2 Å². The molecule has 6 aliphatic rings. The predicted molar refractivity (Wildman–Crippen MR) is 268 cm³/mol. The third-order valence-corrected chi connectivity index (χ3v) is 15.7. The Balaban J connectivity index is 0.877. The highest BCUT2D eigenvalue weighted by Gasteiger charge is 2.61. The molecule has 0 saturated carbocycles. The molecular weight excluding hydrogens is 933 g/mol. The number of rotatable bonds is 8. The standard InChI is InChI=1S/C54H58Cl2FN7O6/c1-53(2,3)26-45-54(30-58-42-24-32(55)14-17-39(42)54)47(37-11-6-12-40(56)48(37)57)49(60-45)51(67)59-41-18-16-33(25-44(41)69-4)62-21-7-9-34(27-62)63-22-23-70-29-35(63)15-13-31-8-5-10-36-38(31)28-64(52(36)68)43-19-20-46(65)61-50(43)66/h5-6,8,10-12,14,16-18,24-25,34-35,43,45,47,49,58,60H,7,9,19-23,26-30H2,1-4H3,(H,59,67)(H,61,65,66)/t34-,35-,43?,45-,47-,49+,54-/m0/s1. The van der Waals surface area contributed by atoms with Gasteiger partial charge in [-0.3, -0.25) is 29.4 Å². The summed E-state index contributed by atoms with van der Waals surface area (Å²) in [4.78, 5) is 59.3. The second-order valence-electron chi connectivity index (χ2n) is 20.6. The first-order valence-corrected chi connectivity index (χ1v) is 25.0. The van der Waals surface area contributed by atoms with E-state index < -0.39 is 35.1 Å². The number of hydrogen-bond donors (Lipinski definition) is 4. The number of amides is 4. The Morgan fingerprint density at radius 2 is 1.86 bits per heavy atom. The number of nitrogens with one attached hydrogen (secondary N) is 4. The number of methoxy groups -OCH3 is 1. The second kappa shape index (κ2) is 19.1. The summed E-state index contributed by atoms with van der Waals surface area (Å²) >= 11 is 13.0. The average molecular weight is 991 g/mol. The van der Waals surface area contributed by atoms with Gasteiger partial charge in [0.1, 0.15) is 17.6 Å². The molecule has 4 fully saturated rings. The quantitative estimate of drug-likeness (QED) is 0.104. The minimum absolute atomic E-state index is 0.00181. The van der Waals surface area contributed by atoms with Crippen molar-refractivity contribution in [3.63, 3.8) is 0 Å². The first-order chi connectivity index (χ1) is 33.6. The Hall–Kier alpha value is -5.69. The lowest BCUT2D eigenvalue weighted by molar-refractivity contribution is -0.137. The zero-order chi connectivity index (χ0) is 49.1. The lowest BCUT2D eigenvalue weighted by Crippen LogP contribution is -2.55. The van der Waals surface area contributed by atoms with Crippen LogP contribution in [0.4, 0.5) is 21.5 Å². The van der Waals surface area contributed by atoms with Gasteiger partial charge in [-0.05, 0) is 90.3 Å². The maximum Gasteiger partial charge on any atom is 0.255 e. The van der Waals surface area contributed by atoms with Gasteiger partial charge in [-0.25, -0.2) is 4.39 Å². The summed E-state index contributed by atoms with van der Waals surface area (Å²) in [6.45, 7) is 10.5. The highest BCUT2D eigenvalue weighted by Crippen LogP contribution is 2.57. The number of fused-ring (bicyclic) bond motifs is 3. The summed E-state index contributed by atoms with van der Waals surface area (Å²) in [6, 6.07) is 20.3. The average Bonchev–Trinajstić information content (AvgIpc) is 3.99. The molecule has 13 nitrogen and oxygen atoms in total. The molecule has 0 radical (unpaired) electrons. The van der Waals surface area contributed by atoms with E-state index in [2.05, 4.69) is 63.7 Å². The van der Waals surface area contributed by atoms with Crippen molar-refractivity contribution in [2.24, 2.45) is 5.41 Å². The molecule has 16 heteroatoms. The molecule has 4 amide bonds. The lowest BCUT2D eigenvalue weighted by atomic mass is 9.63. The van der Waals surface area contributed by atoms with Crippen LogP contribution in [-0.2, 0) is 31.1 Å². The van der Waals surface area contributed by atoms with Crippen molar-refractivity contribution in [3.8, 4) is 17.6 Å². The van der Waals surface area contributed by atoms with Gasteiger partial charge in [0.05, 0.1) is 43.1 Å². The molecule has 1 unspecified atom stereocenters. The number of anilines is 3. The topological polar surface area (TPSA) is 145 Å². The van der Waals surface area contributed by atoms with Gasteiger partial charge in [-0.2, -0.15) is 0 Å². The fourth-order valence-electron chi connectivity index (χ4n) is 12.0. The van der Waals surface area contributed by atoms with Crippen molar-refractivity contribution >= 4 is 63.9 Å². The monoisotopic (exact) mass is 989 g/mol. The minimum Gasteiger partial charge on any atom is -0.494 e. The highest BCUT2D eigenvalue weighted by molar-refractivity contribution is 6.31. The molecule has 366 valence electrons. The molecule has 4 aromatic carbocycles. The molecule has 6 heterocycles. The second-order valence-corrected chi connectivity index (χ2v) is 21.5. The Bertz CT molecular complexity index is 2830. The summed E-state index contributed by atoms with van der Waals surface area (Å²) in [6.07, 6.45) is 3.11. The molecule has 0 bridgehead atoms. The number of nitrogens with zero attached hydrogens (tertiary/aromatic N) is 3. The van der Waals surface area contributed by atoms with Gasteiger partial charge >= 0.3 is 0 Å². The minimum atomic E-state index is -0.849. The van der Waals surface area contributed by atoms with Crippen molar-refractivity contribution in [2.75, 3.05) is 62.0 Å². The van der Waals surface area contributed by atoms with E-state index in [1.54, 1.807) is 30.2 Å². The Kier molecular flexibility index (Phi) is 13.1. The van der Waals surface area contributed by atoms with Gasteiger partial charge in [0.25, 0.3) is 5.91 Å². The summed E-state index contributed by atoms with van der Waals surface area (Å²) in [5.41, 5.74) is 4.86. The molecule has 4 saturated heterocycles. The number of benzene rings is 4. The number of imide groups is 1. The van der Waals surface area contributed by atoms with Crippen LogP contribution in [-0.4, -0.2) is 110 Å². The fraction of sp³-hybridized carbons (Fsp3) is 0.444. The molecule has 6 aliphatic heterocycles. The van der Waals surface area contributed by atoms with E-state index in [4.69, 9.17) is 32.7 Å². The van der Waals surface area contributed by atoms with Crippen LogP contribution in [0, 0.1) is 23.1 Å². The smallest absolute Gasteiger partial charge is 0.255 e. The molecule has 1 spiro atoms. The van der Waals surface area contributed by atoms with Crippen molar-refractivity contribution in [3.05, 3.63) is 116 Å². The van der Waals surface area contributed by atoms with Gasteiger partial charge < -0.3 is 35.2 Å². The Morgan fingerprint density at radius 1 is 1.03 bits per heavy atom. The third-order valence-electron chi connectivity index (χ3n) is 15.2. The molecule has 70 heavy (non-hydrogen) atoms. The molecule has 4 N–H and O–H groups in total. The first-order valence-electron chi connectivity index (χ1n) is 24.2. The lowest BCUT2D eigenvalue weighted by Gasteiger charge is -2.44. The van der Waals surface area contributed by atoms with Crippen LogP contribution in [0.25, 0.3) is 0 Å². The van der Waals surface area contributed by atoms with Gasteiger partial charge in [-0.1, -0.05) is 80.1 Å². The van der Waals surface area contributed by atoms with Crippen LogP contribution < -0.4 is 30.9 Å². The van der Waals surface area contributed by atoms with E-state index in [-0.39, 0.29) is 59.3 Å². The summed E-state index contributed by atoms with van der Waals surface area (Å²) in [5.74, 6) is 4.88. The van der Waals surface area contributed by atoms with E-state index in [1.807, 2.05) is 48.5 Å². The molecule has 4 aromatic rings. The summed E-state index contributed by atoms with van der Waals surface area (Å²) < 4.78 is 28.4. The van der Waals surface area contributed by atoms with E-state index in [0.717, 1.165) is 54.0 Å². The molecular formula is C54H58Cl2FN7O6. The van der Waals surface area contributed by atoms with Crippen molar-refractivity contribution in [1.29, 1.82) is 0 Å². The van der Waals surface area contributed by atoms with E-state index >= 15 is 4.39 Å². The molecule has 10 rings (SSSR count). The summed E-state index contributed by atoms with van der Waals surface area (Å²) in [5, 5.41) is 13.5. The number of piperidine rings is 2. The fourth-order valence-corrected chi connectivity index (χ4v) is 12.3. The number of hydrogen-bond acceptors (Lipinski definition) is 10. The maximum absolute atomic E-state index is 16.4. The molecule has 7 atom stereocenters. The summed E-state index contributed by atoms with van der Waals surface area (Å²) in [7, 11) is 1.59. The number of carbonyl (C=O) groups is 4. The van der Waals surface area contributed by atoms with Crippen molar-refractivity contribution < 1.29 is 33.0 Å². The van der Waals surface area contributed by atoms with Crippen LogP contribution in [0.3, 0.4) is 0 Å². The highest BCUT2D eigenvalue weighted by atomic mass is 35.5. The van der Waals surface area contributed by atoms with E-state index in [0.29, 0.717) is 66.7 Å². The third kappa shape index (κ3) is 8.89. The van der Waals surface area contributed by atoms with Gasteiger partial charge in [0.2, 0.25) is 17.7 Å². The van der Waals surface area contributed by atoms with E-state index in [1.165, 1.54) is 6.07 Å². The van der Waals surface area contributed by atoms with Gasteiger partial charge in [0, 0.05) is 96.2 Å². The molecule has 0 aliphatic carbocycles. The maximum atomic E-state index is 16.4. The zero-order valence-electron chi connectivity index (χ0n) is 39.8. The van der Waals surface area contributed by atoms with Crippen LogP contribution in [0.5, 0.6) is 5.75 Å². The molecule has 0 aromatic heterocycles. The number of halogens is 3. The Labute approximate surface area is 418 Å². The number of ether oxygens (including phenoxy) is 2. The van der Waals surface area contributed by atoms with Crippen molar-refractivity contribution in [2.45, 2.75) is 101 Å². The van der Waals surface area contributed by atoms with Crippen molar-refractivity contribution in [1.82, 2.24) is 20.4 Å². The van der Waals surface area contributed by atoms with Crippen LogP contribution in [0.15, 0.2) is 72.8 Å².